The molecule has 0 bridgehead atoms. The molecule has 17 heteroatoms. The first-order valence-electron chi connectivity index (χ1n) is 13.0. The number of fused-ring (bicyclic) bond motifs is 1. The fourth-order valence-corrected chi connectivity index (χ4v) is 3.95. The minimum absolute atomic E-state index is 0.0278. The average Bonchev–Trinajstić information content (AvgIpc) is 3.33. The van der Waals surface area contributed by atoms with E-state index >= 15 is 0 Å². The van der Waals surface area contributed by atoms with Crippen molar-refractivity contribution in [2.24, 2.45) is 10.7 Å². The number of halogens is 2. The molecule has 1 aromatic carbocycles. The van der Waals surface area contributed by atoms with Crippen LogP contribution >= 0.6 is 11.6 Å². The molecule has 2 heterocycles. The van der Waals surface area contributed by atoms with Crippen LogP contribution in [0.5, 0.6) is 0 Å². The quantitative estimate of drug-likeness (QED) is 0.102. The van der Waals surface area contributed by atoms with Gasteiger partial charge in [-0.2, -0.15) is 15.3 Å². The van der Waals surface area contributed by atoms with Crippen molar-refractivity contribution in [2.45, 2.75) is 52.7 Å². The number of carbonyl (C=O) groups is 2. The van der Waals surface area contributed by atoms with Crippen LogP contribution in [0.1, 0.15) is 47.1 Å². The third kappa shape index (κ3) is 8.30. The lowest BCUT2D eigenvalue weighted by atomic mass is 10.1. The standard InChI is InChI=1S/C28H29ClFN9O6/c1-15(38(25(40)44-27(2,3)4)26(41)45-28(5,6)7)8-21(34-14-32)35-24-18-13-37(36-22(18)20(30)12-33-24)23-16(11-31)9-17(39(42)43)10-19(23)29/h8-10,12-14H,1H2,2-7H3,(H2,32,34)(H,33,35)/b21-8+. The van der Waals surface area contributed by atoms with Crippen molar-refractivity contribution in [2.75, 3.05) is 5.32 Å². The minimum Gasteiger partial charge on any atom is -0.443 e. The number of hydrogen-bond acceptors (Lipinski definition) is 11. The second kappa shape index (κ2) is 13.0. The minimum atomic E-state index is -1.08. The fraction of sp³-hybridized carbons (Fsp3) is 0.286. The molecule has 0 saturated carbocycles. The van der Waals surface area contributed by atoms with Crippen LogP contribution in [-0.4, -0.2) is 54.3 Å². The van der Waals surface area contributed by atoms with Crippen molar-refractivity contribution in [3.05, 3.63) is 75.2 Å². The van der Waals surface area contributed by atoms with Gasteiger partial charge in [-0.25, -0.2) is 28.6 Å². The highest BCUT2D eigenvalue weighted by Crippen LogP contribution is 2.32. The van der Waals surface area contributed by atoms with Gasteiger partial charge < -0.3 is 20.5 Å². The first-order chi connectivity index (χ1) is 20.8. The summed E-state index contributed by atoms with van der Waals surface area (Å²) < 4.78 is 26.6. The van der Waals surface area contributed by atoms with Gasteiger partial charge in [0.1, 0.15) is 40.1 Å². The van der Waals surface area contributed by atoms with E-state index in [1.54, 1.807) is 41.5 Å². The molecule has 2 amide bonds. The monoisotopic (exact) mass is 641 g/mol. The van der Waals surface area contributed by atoms with E-state index < -0.39 is 39.8 Å². The molecule has 0 spiro atoms. The molecule has 2 aromatic heterocycles. The maximum absolute atomic E-state index is 14.9. The van der Waals surface area contributed by atoms with Crippen molar-refractivity contribution in [1.82, 2.24) is 19.7 Å². The second-order valence-corrected chi connectivity index (χ2v) is 11.6. The Morgan fingerprint density at radius 1 is 1.24 bits per heavy atom. The zero-order valence-corrected chi connectivity index (χ0v) is 25.8. The number of nitro groups is 1. The Hall–Kier alpha value is -5.56. The summed E-state index contributed by atoms with van der Waals surface area (Å²) in [6.45, 7) is 13.4. The van der Waals surface area contributed by atoms with Gasteiger partial charge >= 0.3 is 12.2 Å². The Kier molecular flexibility index (Phi) is 9.79. The van der Waals surface area contributed by atoms with E-state index in [-0.39, 0.29) is 44.5 Å². The smallest absolute Gasteiger partial charge is 0.424 e. The van der Waals surface area contributed by atoms with E-state index in [9.17, 15) is 29.4 Å². The van der Waals surface area contributed by atoms with Crippen molar-refractivity contribution >= 4 is 52.5 Å². The summed E-state index contributed by atoms with van der Waals surface area (Å²) in [7, 11) is 0. The summed E-state index contributed by atoms with van der Waals surface area (Å²) in [5, 5.41) is 27.7. The highest BCUT2D eigenvalue weighted by molar-refractivity contribution is 6.32. The van der Waals surface area contributed by atoms with Gasteiger partial charge in [0.2, 0.25) is 0 Å². The molecule has 236 valence electrons. The van der Waals surface area contributed by atoms with Crippen molar-refractivity contribution in [3.63, 3.8) is 0 Å². The number of rotatable bonds is 7. The van der Waals surface area contributed by atoms with Crippen LogP contribution in [-0.2, 0) is 9.47 Å². The number of anilines is 1. The number of imide groups is 1. The number of pyridine rings is 1. The molecular weight excluding hydrogens is 613 g/mol. The third-order valence-corrected chi connectivity index (χ3v) is 5.60. The topological polar surface area (TPSA) is 204 Å². The van der Waals surface area contributed by atoms with Crippen molar-refractivity contribution in [3.8, 4) is 11.8 Å². The molecule has 3 rings (SSSR count). The summed E-state index contributed by atoms with van der Waals surface area (Å²) >= 11 is 6.27. The number of benzene rings is 1. The summed E-state index contributed by atoms with van der Waals surface area (Å²) in [5.41, 5.74) is 2.47. The van der Waals surface area contributed by atoms with Gasteiger partial charge in [0.05, 0.1) is 39.1 Å². The SMILES string of the molecule is C=C(/C=C(\N=CN)Nc1ncc(F)c2nn(-c3c(Cl)cc([N+](=O)[O-])cc3C#N)cc12)N(C(=O)OC(C)(C)C)C(=O)OC(C)(C)C. The number of ether oxygens (including phenoxy) is 2. The average molecular weight is 642 g/mol. The van der Waals surface area contributed by atoms with Crippen molar-refractivity contribution < 1.29 is 28.4 Å². The molecule has 0 unspecified atom stereocenters. The first-order valence-corrected chi connectivity index (χ1v) is 13.3. The summed E-state index contributed by atoms with van der Waals surface area (Å²) in [6.07, 6.45) is 2.05. The van der Waals surface area contributed by atoms with E-state index in [0.717, 1.165) is 29.3 Å². The molecule has 0 aliphatic carbocycles. The van der Waals surface area contributed by atoms with Gasteiger partial charge in [0.15, 0.2) is 5.82 Å². The number of allylic oxidation sites excluding steroid dienone is 1. The molecule has 3 aromatic rings. The summed E-state index contributed by atoms with van der Waals surface area (Å²) in [5.74, 6) is -0.983. The maximum atomic E-state index is 14.9. The lowest BCUT2D eigenvalue weighted by molar-refractivity contribution is -0.384. The molecule has 15 nitrogen and oxygen atoms in total. The van der Waals surface area contributed by atoms with Crippen molar-refractivity contribution in [1.29, 1.82) is 5.26 Å². The number of aliphatic imine (C=N–C) groups is 1. The van der Waals surface area contributed by atoms with Crippen LogP contribution in [0.3, 0.4) is 0 Å². The Bertz CT molecular complexity index is 1770. The van der Waals surface area contributed by atoms with Gasteiger partial charge in [-0.15, -0.1) is 0 Å². The van der Waals surface area contributed by atoms with E-state index in [1.807, 2.05) is 6.07 Å². The number of nitrogens with one attached hydrogen (secondary N) is 1. The first kappa shape index (κ1) is 33.9. The highest BCUT2D eigenvalue weighted by atomic mass is 35.5. The molecule has 0 atom stereocenters. The lowest BCUT2D eigenvalue weighted by Crippen LogP contribution is -2.42. The molecular formula is C28H29ClFN9O6. The molecule has 0 radical (unpaired) electrons. The fourth-order valence-electron chi connectivity index (χ4n) is 3.65. The lowest BCUT2D eigenvalue weighted by Gasteiger charge is -2.28. The number of non-ortho nitro benzene ring substituents is 1. The van der Waals surface area contributed by atoms with Gasteiger partial charge in [-0.1, -0.05) is 18.2 Å². The number of nitriles is 1. The summed E-state index contributed by atoms with van der Waals surface area (Å²) in [4.78, 5) is 45.1. The second-order valence-electron chi connectivity index (χ2n) is 11.2. The predicted octanol–water partition coefficient (Wildman–Crippen LogP) is 5.92. The van der Waals surface area contributed by atoms with Gasteiger partial charge in [0.25, 0.3) is 5.69 Å². The zero-order valence-electron chi connectivity index (χ0n) is 25.1. The van der Waals surface area contributed by atoms with E-state index in [4.69, 9.17) is 26.8 Å². The number of hydrogen-bond donors (Lipinski definition) is 2. The number of amides is 2. The highest BCUT2D eigenvalue weighted by Gasteiger charge is 2.33. The predicted molar refractivity (Wildman–Crippen MR) is 163 cm³/mol. The molecule has 3 N–H and O–H groups in total. The largest absolute Gasteiger partial charge is 0.443 e. The molecule has 0 saturated heterocycles. The third-order valence-electron chi connectivity index (χ3n) is 5.31. The van der Waals surface area contributed by atoms with E-state index in [1.165, 1.54) is 12.3 Å². The van der Waals surface area contributed by atoms with Gasteiger partial charge in [0, 0.05) is 24.4 Å². The van der Waals surface area contributed by atoms with Crippen LogP contribution in [0, 0.1) is 27.3 Å². The number of carbonyl (C=O) groups excluding carboxylic acids is 2. The normalized spacial score (nSPS) is 12.1. The Morgan fingerprint density at radius 3 is 2.36 bits per heavy atom. The molecule has 0 fully saturated rings. The molecule has 0 aliphatic rings. The Morgan fingerprint density at radius 2 is 1.84 bits per heavy atom. The van der Waals surface area contributed by atoms with E-state index in [0.29, 0.717) is 4.90 Å². The number of nitrogens with two attached hydrogens (primary N) is 1. The number of nitrogens with zero attached hydrogens (tertiary/aromatic N) is 7. The summed E-state index contributed by atoms with van der Waals surface area (Å²) in [6, 6.07) is 3.86. The number of nitro benzene ring substituents is 1. The van der Waals surface area contributed by atoms with Crippen LogP contribution in [0.25, 0.3) is 16.6 Å². The van der Waals surface area contributed by atoms with Crippen LogP contribution < -0.4 is 11.1 Å². The van der Waals surface area contributed by atoms with Gasteiger partial charge in [-0.3, -0.25) is 10.1 Å². The molecule has 0 aliphatic heterocycles. The maximum Gasteiger partial charge on any atom is 0.424 e. The van der Waals surface area contributed by atoms with E-state index in [2.05, 4.69) is 27.0 Å². The Balaban J connectivity index is 2.10. The van der Waals surface area contributed by atoms with Crippen LogP contribution in [0.2, 0.25) is 5.02 Å². The zero-order chi connectivity index (χ0) is 33.9. The van der Waals surface area contributed by atoms with Crippen LogP contribution in [0.4, 0.5) is 25.5 Å². The molecule has 45 heavy (non-hydrogen) atoms. The Labute approximate surface area is 261 Å². The number of aromatic nitrogens is 3. The van der Waals surface area contributed by atoms with Crippen LogP contribution in [0.15, 0.2) is 53.7 Å². The van der Waals surface area contributed by atoms with Gasteiger partial charge in [-0.05, 0) is 41.5 Å².